The van der Waals surface area contributed by atoms with Crippen LogP contribution in [0.15, 0.2) is 83.1 Å². The normalized spacial score (nSPS) is 11.3. The number of hydrogen-bond acceptors (Lipinski definition) is 5. The van der Waals surface area contributed by atoms with Gasteiger partial charge in [0.25, 0.3) is 15.9 Å². The molecule has 10 heteroatoms. The second kappa shape index (κ2) is 10.1. The van der Waals surface area contributed by atoms with Gasteiger partial charge in [-0.25, -0.2) is 13.4 Å². The maximum atomic E-state index is 13.1. The van der Waals surface area contributed by atoms with E-state index in [0.29, 0.717) is 37.7 Å². The number of carbonyl (C=O) groups is 1. The lowest BCUT2D eigenvalue weighted by atomic mass is 10.2. The number of amides is 1. The predicted octanol–water partition coefficient (Wildman–Crippen LogP) is 6.58. The number of anilines is 2. The number of benzene rings is 3. The van der Waals surface area contributed by atoms with Crippen molar-refractivity contribution in [2.45, 2.75) is 11.8 Å². The topological polar surface area (TPSA) is 79.4 Å². The van der Waals surface area contributed by atoms with Gasteiger partial charge in [-0.05, 0) is 61.5 Å². The Morgan fingerprint density at radius 3 is 2.38 bits per heavy atom. The molecule has 0 saturated heterocycles. The van der Waals surface area contributed by atoms with Crippen molar-refractivity contribution in [3.05, 3.63) is 93.8 Å². The smallest absolute Gasteiger partial charge is 0.264 e. The van der Waals surface area contributed by atoms with Gasteiger partial charge >= 0.3 is 0 Å². The van der Waals surface area contributed by atoms with Crippen LogP contribution >= 0.6 is 34.5 Å². The van der Waals surface area contributed by atoms with Crippen molar-refractivity contribution in [1.82, 2.24) is 4.98 Å². The van der Waals surface area contributed by atoms with Crippen LogP contribution in [0.2, 0.25) is 10.0 Å². The van der Waals surface area contributed by atoms with Crippen molar-refractivity contribution < 1.29 is 13.2 Å². The van der Waals surface area contributed by atoms with Gasteiger partial charge in [0.2, 0.25) is 0 Å². The van der Waals surface area contributed by atoms with Crippen molar-refractivity contribution >= 4 is 61.3 Å². The fourth-order valence-electron chi connectivity index (χ4n) is 3.31. The van der Waals surface area contributed by atoms with Gasteiger partial charge < -0.3 is 0 Å². The standard InChI is InChI=1S/C24H19Cl2N3O3S2/c1-2-29(18-6-4-3-5-7-18)34(31,32)19-11-8-16(9-12-19)23(30)28-24-27-22(15-33-24)20-13-10-17(25)14-21(20)26/h3-15H,2H2,1H3,(H,27,28,30). The summed E-state index contributed by atoms with van der Waals surface area (Å²) in [4.78, 5) is 17.2. The van der Waals surface area contributed by atoms with E-state index in [2.05, 4.69) is 10.3 Å². The summed E-state index contributed by atoms with van der Waals surface area (Å²) < 4.78 is 27.6. The average Bonchev–Trinajstić information content (AvgIpc) is 3.28. The number of hydrogen-bond donors (Lipinski definition) is 1. The molecule has 1 aromatic heterocycles. The van der Waals surface area contributed by atoms with Crippen LogP contribution in [-0.2, 0) is 10.0 Å². The summed E-state index contributed by atoms with van der Waals surface area (Å²) in [5, 5.41) is 5.89. The van der Waals surface area contributed by atoms with E-state index >= 15 is 0 Å². The van der Waals surface area contributed by atoms with Gasteiger partial charge in [0.1, 0.15) is 0 Å². The number of thiazole rings is 1. The van der Waals surface area contributed by atoms with Crippen LogP contribution in [0, 0.1) is 0 Å². The zero-order valence-corrected chi connectivity index (χ0v) is 21.0. The summed E-state index contributed by atoms with van der Waals surface area (Å²) in [5.41, 5.74) is 2.20. The van der Waals surface area contributed by atoms with Gasteiger partial charge in [-0.3, -0.25) is 14.4 Å². The molecular formula is C24H19Cl2N3O3S2. The number of para-hydroxylation sites is 1. The van der Waals surface area contributed by atoms with Crippen LogP contribution in [0.5, 0.6) is 0 Å². The third-order valence-corrected chi connectivity index (χ3v) is 8.19. The molecule has 1 heterocycles. The van der Waals surface area contributed by atoms with Crippen LogP contribution in [0.25, 0.3) is 11.3 Å². The lowest BCUT2D eigenvalue weighted by Crippen LogP contribution is -2.30. The highest BCUT2D eigenvalue weighted by Crippen LogP contribution is 2.32. The minimum atomic E-state index is -3.77. The molecule has 6 nitrogen and oxygen atoms in total. The van der Waals surface area contributed by atoms with Crippen molar-refractivity contribution in [3.8, 4) is 11.3 Å². The fourth-order valence-corrected chi connectivity index (χ4v) is 6.00. The Hall–Kier alpha value is -2.91. The minimum Gasteiger partial charge on any atom is -0.298 e. The zero-order valence-electron chi connectivity index (χ0n) is 17.9. The first-order valence-electron chi connectivity index (χ1n) is 10.2. The van der Waals surface area contributed by atoms with Crippen molar-refractivity contribution in [2.75, 3.05) is 16.2 Å². The van der Waals surface area contributed by atoms with Crippen LogP contribution in [0.1, 0.15) is 17.3 Å². The lowest BCUT2D eigenvalue weighted by Gasteiger charge is -2.22. The second-order valence-electron chi connectivity index (χ2n) is 7.15. The van der Waals surface area contributed by atoms with E-state index in [4.69, 9.17) is 23.2 Å². The van der Waals surface area contributed by atoms with Gasteiger partial charge in [0.15, 0.2) is 5.13 Å². The molecule has 0 aliphatic heterocycles. The molecule has 1 N–H and O–H groups in total. The number of halogens is 2. The molecule has 0 spiro atoms. The molecule has 0 bridgehead atoms. The summed E-state index contributed by atoms with van der Waals surface area (Å²) in [5.74, 6) is -0.401. The largest absolute Gasteiger partial charge is 0.298 e. The van der Waals surface area contributed by atoms with Gasteiger partial charge in [0, 0.05) is 28.1 Å². The van der Waals surface area contributed by atoms with Gasteiger partial charge in [0.05, 0.1) is 21.3 Å². The monoisotopic (exact) mass is 531 g/mol. The Bertz CT molecular complexity index is 1420. The number of sulfonamides is 1. The summed E-state index contributed by atoms with van der Waals surface area (Å²) in [6.07, 6.45) is 0. The van der Waals surface area contributed by atoms with E-state index in [9.17, 15) is 13.2 Å². The maximum absolute atomic E-state index is 13.1. The van der Waals surface area contributed by atoms with Crippen LogP contribution in [-0.4, -0.2) is 25.9 Å². The molecule has 0 fully saturated rings. The molecule has 4 aromatic rings. The van der Waals surface area contributed by atoms with E-state index < -0.39 is 15.9 Å². The first-order chi connectivity index (χ1) is 16.3. The fraction of sp³-hybridized carbons (Fsp3) is 0.0833. The molecule has 0 atom stereocenters. The molecular weight excluding hydrogens is 513 g/mol. The molecule has 174 valence electrons. The number of carbonyl (C=O) groups excluding carboxylic acids is 1. The molecule has 0 aliphatic carbocycles. The third kappa shape index (κ3) is 5.10. The van der Waals surface area contributed by atoms with Gasteiger partial charge in [-0.1, -0.05) is 41.4 Å². The van der Waals surface area contributed by atoms with Crippen molar-refractivity contribution in [1.29, 1.82) is 0 Å². The highest BCUT2D eigenvalue weighted by molar-refractivity contribution is 7.92. The molecule has 0 unspecified atom stereocenters. The summed E-state index contributed by atoms with van der Waals surface area (Å²) in [6.45, 7) is 2.05. The van der Waals surface area contributed by atoms with E-state index in [1.807, 2.05) is 6.07 Å². The first kappa shape index (κ1) is 24.2. The van der Waals surface area contributed by atoms with Crippen molar-refractivity contribution in [3.63, 3.8) is 0 Å². The van der Waals surface area contributed by atoms with E-state index in [1.54, 1.807) is 54.8 Å². The molecule has 4 rings (SSSR count). The van der Waals surface area contributed by atoms with Gasteiger partial charge in [-0.15, -0.1) is 11.3 Å². The quantitative estimate of drug-likeness (QED) is 0.292. The predicted molar refractivity (Wildman–Crippen MR) is 139 cm³/mol. The van der Waals surface area contributed by atoms with Crippen LogP contribution in [0.4, 0.5) is 10.8 Å². The van der Waals surface area contributed by atoms with E-state index in [-0.39, 0.29) is 11.4 Å². The Balaban J connectivity index is 1.50. The molecule has 0 aliphatic rings. The average molecular weight is 532 g/mol. The lowest BCUT2D eigenvalue weighted by molar-refractivity contribution is 0.102. The summed E-state index contributed by atoms with van der Waals surface area (Å²) in [7, 11) is -3.77. The Labute approximate surface area is 211 Å². The Kier molecular flexibility index (Phi) is 7.23. The summed E-state index contributed by atoms with van der Waals surface area (Å²) in [6, 6.07) is 19.8. The zero-order chi connectivity index (χ0) is 24.3. The first-order valence-corrected chi connectivity index (χ1v) is 13.3. The molecule has 0 saturated carbocycles. The molecule has 1 amide bonds. The number of nitrogens with zero attached hydrogens (tertiary/aromatic N) is 2. The number of aromatic nitrogens is 1. The highest BCUT2D eigenvalue weighted by Gasteiger charge is 2.24. The Morgan fingerprint density at radius 2 is 1.74 bits per heavy atom. The molecule has 34 heavy (non-hydrogen) atoms. The van der Waals surface area contributed by atoms with Crippen LogP contribution < -0.4 is 9.62 Å². The van der Waals surface area contributed by atoms with E-state index in [0.717, 1.165) is 0 Å². The Morgan fingerprint density at radius 1 is 1.03 bits per heavy atom. The summed E-state index contributed by atoms with van der Waals surface area (Å²) >= 11 is 13.4. The van der Waals surface area contributed by atoms with E-state index in [1.165, 1.54) is 39.9 Å². The molecule has 0 radical (unpaired) electrons. The molecule has 3 aromatic carbocycles. The number of rotatable bonds is 7. The van der Waals surface area contributed by atoms with Crippen LogP contribution in [0.3, 0.4) is 0 Å². The SMILES string of the molecule is CCN(c1ccccc1)S(=O)(=O)c1ccc(C(=O)Nc2nc(-c3ccc(Cl)cc3Cl)cs2)cc1. The number of nitrogens with one attached hydrogen (secondary N) is 1. The maximum Gasteiger partial charge on any atom is 0.264 e. The van der Waals surface area contributed by atoms with Crippen molar-refractivity contribution in [2.24, 2.45) is 0 Å². The third-order valence-electron chi connectivity index (χ3n) is 4.97. The highest BCUT2D eigenvalue weighted by atomic mass is 35.5. The van der Waals surface area contributed by atoms with Gasteiger partial charge in [-0.2, -0.15) is 0 Å². The second-order valence-corrected chi connectivity index (χ2v) is 10.7. The minimum absolute atomic E-state index is 0.101.